The minimum absolute atomic E-state index is 0.126. The number of hydrogen-bond acceptors (Lipinski definition) is 4. The number of rotatable bonds is 8. The maximum Gasteiger partial charge on any atom is 0.251 e. The average Bonchev–Trinajstić information content (AvgIpc) is 3.23. The maximum atomic E-state index is 12.4. The van der Waals surface area contributed by atoms with Crippen molar-refractivity contribution in [2.75, 3.05) is 29.9 Å². The van der Waals surface area contributed by atoms with Crippen LogP contribution < -0.4 is 20.3 Å². The van der Waals surface area contributed by atoms with Gasteiger partial charge >= 0.3 is 0 Å². The summed E-state index contributed by atoms with van der Waals surface area (Å²) in [5.41, 5.74) is 2.43. The van der Waals surface area contributed by atoms with Gasteiger partial charge in [-0.1, -0.05) is 12.1 Å². The number of hydrogen-bond donors (Lipinski definition) is 2. The third-order valence-electron chi connectivity index (χ3n) is 4.88. The second-order valence-corrected chi connectivity index (χ2v) is 7.33. The lowest BCUT2D eigenvalue weighted by molar-refractivity contribution is -0.116. The van der Waals surface area contributed by atoms with Crippen molar-refractivity contribution in [3.05, 3.63) is 54.1 Å². The van der Waals surface area contributed by atoms with Crippen LogP contribution in [0.2, 0.25) is 0 Å². The fourth-order valence-corrected chi connectivity index (χ4v) is 3.50. The van der Waals surface area contributed by atoms with Gasteiger partial charge in [0.25, 0.3) is 5.91 Å². The minimum atomic E-state index is -0.292. The van der Waals surface area contributed by atoms with Crippen molar-refractivity contribution in [3.63, 3.8) is 0 Å². The summed E-state index contributed by atoms with van der Waals surface area (Å²) in [4.78, 5) is 27.2. The molecule has 0 aromatic heterocycles. The van der Waals surface area contributed by atoms with Crippen LogP contribution in [0, 0.1) is 0 Å². The van der Waals surface area contributed by atoms with E-state index >= 15 is 0 Å². The Morgan fingerprint density at radius 2 is 1.86 bits per heavy atom. The summed E-state index contributed by atoms with van der Waals surface area (Å²) in [5.74, 6) is 0.311. The van der Waals surface area contributed by atoms with Crippen LogP contribution in [0.5, 0.6) is 5.75 Å². The fraction of sp³-hybridized carbons (Fsp3) is 0.391. The van der Waals surface area contributed by atoms with Crippen LogP contribution in [-0.4, -0.2) is 37.6 Å². The van der Waals surface area contributed by atoms with E-state index in [0.29, 0.717) is 17.9 Å². The first kappa shape index (κ1) is 20.7. The van der Waals surface area contributed by atoms with E-state index in [4.69, 9.17) is 4.74 Å². The van der Waals surface area contributed by atoms with Crippen LogP contribution >= 0.6 is 0 Å². The van der Waals surface area contributed by atoms with Crippen LogP contribution in [0.15, 0.2) is 48.5 Å². The summed E-state index contributed by atoms with van der Waals surface area (Å²) in [6, 6.07) is 14.7. The molecule has 2 amide bonds. The van der Waals surface area contributed by atoms with Gasteiger partial charge in [0.15, 0.2) is 0 Å². The number of amides is 2. The smallest absolute Gasteiger partial charge is 0.251 e. The van der Waals surface area contributed by atoms with Gasteiger partial charge in [-0.3, -0.25) is 9.59 Å². The van der Waals surface area contributed by atoms with Crippen LogP contribution in [0.4, 0.5) is 11.4 Å². The number of carbonyl (C=O) groups excluding carboxylic acids is 2. The topological polar surface area (TPSA) is 70.7 Å². The monoisotopic (exact) mass is 395 g/mol. The quantitative estimate of drug-likeness (QED) is 0.713. The normalized spacial score (nSPS) is 14.3. The van der Waals surface area contributed by atoms with Gasteiger partial charge in [0.1, 0.15) is 5.75 Å². The Morgan fingerprint density at radius 1 is 1.10 bits per heavy atom. The van der Waals surface area contributed by atoms with E-state index in [9.17, 15) is 9.59 Å². The molecule has 154 valence electrons. The van der Waals surface area contributed by atoms with Crippen molar-refractivity contribution in [2.24, 2.45) is 0 Å². The predicted molar refractivity (Wildman–Crippen MR) is 116 cm³/mol. The SMILES string of the molecule is CCOc1cccc(C(=O)NC(C)CC(=O)Nc2cccc(N3CCCC3)c2)c1. The molecule has 2 aromatic carbocycles. The van der Waals surface area contributed by atoms with Gasteiger partial charge in [0, 0.05) is 42.5 Å². The molecule has 29 heavy (non-hydrogen) atoms. The van der Waals surface area contributed by atoms with Crippen molar-refractivity contribution >= 4 is 23.2 Å². The molecule has 2 N–H and O–H groups in total. The van der Waals surface area contributed by atoms with E-state index in [2.05, 4.69) is 21.6 Å². The van der Waals surface area contributed by atoms with Crippen molar-refractivity contribution in [1.29, 1.82) is 0 Å². The molecule has 1 aliphatic heterocycles. The highest BCUT2D eigenvalue weighted by Gasteiger charge is 2.16. The second-order valence-electron chi connectivity index (χ2n) is 7.33. The van der Waals surface area contributed by atoms with Gasteiger partial charge in [-0.15, -0.1) is 0 Å². The molecule has 0 saturated carbocycles. The Balaban J connectivity index is 1.52. The maximum absolute atomic E-state index is 12.4. The lowest BCUT2D eigenvalue weighted by Crippen LogP contribution is -2.35. The molecular formula is C23H29N3O3. The predicted octanol–water partition coefficient (Wildman–Crippen LogP) is 3.83. The largest absolute Gasteiger partial charge is 0.494 e. The van der Waals surface area contributed by atoms with Crippen LogP contribution in [0.25, 0.3) is 0 Å². The van der Waals surface area contributed by atoms with Gasteiger partial charge < -0.3 is 20.3 Å². The minimum Gasteiger partial charge on any atom is -0.494 e. The Bertz CT molecular complexity index is 847. The summed E-state index contributed by atoms with van der Waals surface area (Å²) in [7, 11) is 0. The third-order valence-corrected chi connectivity index (χ3v) is 4.88. The molecule has 0 radical (unpaired) electrons. The van der Waals surface area contributed by atoms with Crippen LogP contribution in [0.3, 0.4) is 0 Å². The zero-order valence-electron chi connectivity index (χ0n) is 17.1. The van der Waals surface area contributed by atoms with Crippen molar-refractivity contribution in [2.45, 2.75) is 39.2 Å². The highest BCUT2D eigenvalue weighted by molar-refractivity contribution is 5.96. The van der Waals surface area contributed by atoms with E-state index < -0.39 is 0 Å². The Morgan fingerprint density at radius 3 is 2.62 bits per heavy atom. The molecule has 0 aliphatic carbocycles. The van der Waals surface area contributed by atoms with Gasteiger partial charge in [-0.2, -0.15) is 0 Å². The number of nitrogens with zero attached hydrogens (tertiary/aromatic N) is 1. The molecule has 1 unspecified atom stereocenters. The lowest BCUT2D eigenvalue weighted by Gasteiger charge is -2.19. The van der Waals surface area contributed by atoms with Gasteiger partial charge in [-0.05, 0) is 63.1 Å². The molecule has 1 fully saturated rings. The van der Waals surface area contributed by atoms with E-state index in [1.807, 2.05) is 38.1 Å². The highest BCUT2D eigenvalue weighted by Crippen LogP contribution is 2.23. The highest BCUT2D eigenvalue weighted by atomic mass is 16.5. The summed E-state index contributed by atoms with van der Waals surface area (Å²) in [5, 5.41) is 5.81. The van der Waals surface area contributed by atoms with Crippen LogP contribution in [-0.2, 0) is 4.79 Å². The molecular weight excluding hydrogens is 366 g/mol. The average molecular weight is 396 g/mol. The fourth-order valence-electron chi connectivity index (χ4n) is 3.50. The summed E-state index contributed by atoms with van der Waals surface area (Å²) < 4.78 is 5.43. The number of benzene rings is 2. The molecule has 0 spiro atoms. The zero-order chi connectivity index (χ0) is 20.6. The number of ether oxygens (including phenoxy) is 1. The van der Waals surface area contributed by atoms with E-state index in [-0.39, 0.29) is 24.3 Å². The molecule has 6 heteroatoms. The zero-order valence-corrected chi connectivity index (χ0v) is 17.1. The molecule has 1 saturated heterocycles. The molecule has 1 heterocycles. The molecule has 2 aromatic rings. The summed E-state index contributed by atoms with van der Waals surface area (Å²) >= 11 is 0. The third kappa shape index (κ3) is 5.98. The molecule has 3 rings (SSSR count). The van der Waals surface area contributed by atoms with Gasteiger partial charge in [0.2, 0.25) is 5.91 Å². The second kappa shape index (κ2) is 9.96. The first-order chi connectivity index (χ1) is 14.0. The van der Waals surface area contributed by atoms with E-state index in [1.54, 1.807) is 18.2 Å². The van der Waals surface area contributed by atoms with Crippen molar-refractivity contribution in [3.8, 4) is 5.75 Å². The summed E-state index contributed by atoms with van der Waals surface area (Å²) in [6.07, 6.45) is 2.62. The Labute approximate surface area is 172 Å². The van der Waals surface area contributed by atoms with Crippen molar-refractivity contribution < 1.29 is 14.3 Å². The van der Waals surface area contributed by atoms with Crippen molar-refractivity contribution in [1.82, 2.24) is 5.32 Å². The van der Waals surface area contributed by atoms with Crippen LogP contribution in [0.1, 0.15) is 43.5 Å². The number of carbonyl (C=O) groups is 2. The molecule has 6 nitrogen and oxygen atoms in total. The first-order valence-corrected chi connectivity index (χ1v) is 10.2. The Kier molecular flexibility index (Phi) is 7.11. The van der Waals surface area contributed by atoms with Gasteiger partial charge in [-0.25, -0.2) is 0 Å². The first-order valence-electron chi connectivity index (χ1n) is 10.2. The van der Waals surface area contributed by atoms with E-state index in [0.717, 1.165) is 24.5 Å². The van der Waals surface area contributed by atoms with Gasteiger partial charge in [0.05, 0.1) is 6.61 Å². The molecule has 1 atom stereocenters. The number of nitrogens with one attached hydrogen (secondary N) is 2. The molecule has 1 aliphatic rings. The summed E-state index contributed by atoms with van der Waals surface area (Å²) in [6.45, 7) is 6.38. The van der Waals surface area contributed by atoms with E-state index in [1.165, 1.54) is 12.8 Å². The number of anilines is 2. The Hall–Kier alpha value is -3.02. The molecule has 0 bridgehead atoms. The lowest BCUT2D eigenvalue weighted by atomic mass is 10.1. The standard InChI is InChI=1S/C23H29N3O3/c1-3-29-21-11-6-8-18(15-21)23(28)24-17(2)14-22(27)25-19-9-7-10-20(16-19)26-12-4-5-13-26/h6-11,15-17H,3-5,12-14H2,1-2H3,(H,24,28)(H,25,27).